The first-order valence-corrected chi connectivity index (χ1v) is 6.76. The lowest BCUT2D eigenvalue weighted by Gasteiger charge is -2.20. The maximum atomic E-state index is 12.1. The fourth-order valence-corrected chi connectivity index (χ4v) is 2.28. The van der Waals surface area contributed by atoms with Crippen molar-refractivity contribution < 1.29 is 14.7 Å². The molecule has 0 fully saturated rings. The zero-order valence-electron chi connectivity index (χ0n) is 11.9. The molecule has 0 bridgehead atoms. The largest absolute Gasteiger partial charge is 0.481 e. The second-order valence-electron chi connectivity index (χ2n) is 5.07. The quantitative estimate of drug-likeness (QED) is 0.737. The van der Waals surface area contributed by atoms with Crippen molar-refractivity contribution in [2.45, 2.75) is 18.9 Å². The molecule has 0 aliphatic heterocycles. The number of fused-ring (bicyclic) bond motifs is 1. The number of likely N-dealkylation sites (N-methyl/N-ethyl adjacent to an activating group) is 1. The molecule has 4 N–H and O–H groups in total. The van der Waals surface area contributed by atoms with Gasteiger partial charge in [-0.2, -0.15) is 0 Å². The number of benzene rings is 1. The summed E-state index contributed by atoms with van der Waals surface area (Å²) in [5.74, 6) is -1.18. The van der Waals surface area contributed by atoms with Gasteiger partial charge in [0.2, 0.25) is 5.91 Å². The molecular weight excluding hydrogens is 270 g/mol. The topological polar surface area (TPSA) is 99.4 Å². The smallest absolute Gasteiger partial charge is 0.305 e. The maximum Gasteiger partial charge on any atom is 0.305 e. The number of hydrogen-bond acceptors (Lipinski definition) is 3. The third kappa shape index (κ3) is 3.61. The van der Waals surface area contributed by atoms with E-state index in [0.717, 1.165) is 16.5 Å². The van der Waals surface area contributed by atoms with Crippen LogP contribution >= 0.6 is 0 Å². The highest BCUT2D eigenvalue weighted by atomic mass is 16.4. The van der Waals surface area contributed by atoms with Crippen molar-refractivity contribution in [2.75, 3.05) is 13.6 Å². The zero-order valence-corrected chi connectivity index (χ0v) is 11.9. The van der Waals surface area contributed by atoms with Gasteiger partial charge in [-0.05, 0) is 18.1 Å². The van der Waals surface area contributed by atoms with Crippen LogP contribution in [0.2, 0.25) is 0 Å². The second-order valence-corrected chi connectivity index (χ2v) is 5.07. The molecule has 1 aromatic heterocycles. The first-order valence-electron chi connectivity index (χ1n) is 6.76. The molecule has 0 aliphatic carbocycles. The summed E-state index contributed by atoms with van der Waals surface area (Å²) in [5.41, 5.74) is 7.94. The van der Waals surface area contributed by atoms with Crippen molar-refractivity contribution >= 4 is 22.8 Å². The minimum absolute atomic E-state index is 0.0813. The number of para-hydroxylation sites is 1. The summed E-state index contributed by atoms with van der Waals surface area (Å²) in [6.07, 6.45) is 2.19. The second kappa shape index (κ2) is 6.41. The first-order chi connectivity index (χ1) is 9.99. The van der Waals surface area contributed by atoms with Crippen molar-refractivity contribution in [3.8, 4) is 0 Å². The van der Waals surface area contributed by atoms with Gasteiger partial charge >= 0.3 is 5.97 Å². The minimum Gasteiger partial charge on any atom is -0.481 e. The minimum atomic E-state index is -0.931. The number of carbonyl (C=O) groups is 2. The highest BCUT2D eigenvalue weighted by Crippen LogP contribution is 2.19. The molecule has 0 saturated heterocycles. The number of aromatic amines is 1. The van der Waals surface area contributed by atoms with Crippen molar-refractivity contribution in [1.29, 1.82) is 0 Å². The molecular formula is C15H19N3O3. The number of nitrogens with zero attached hydrogens (tertiary/aromatic N) is 1. The molecule has 112 valence electrons. The summed E-state index contributed by atoms with van der Waals surface area (Å²) < 4.78 is 0. The van der Waals surface area contributed by atoms with E-state index >= 15 is 0 Å². The number of rotatable bonds is 6. The van der Waals surface area contributed by atoms with E-state index in [1.165, 1.54) is 4.90 Å². The lowest BCUT2D eigenvalue weighted by Crippen LogP contribution is -2.43. The molecule has 0 saturated carbocycles. The highest BCUT2D eigenvalue weighted by molar-refractivity contribution is 5.86. The Hall–Kier alpha value is -2.34. The van der Waals surface area contributed by atoms with Gasteiger partial charge in [0.15, 0.2) is 0 Å². The molecule has 2 rings (SSSR count). The molecule has 6 nitrogen and oxygen atoms in total. The standard InChI is InChI=1S/C15H19N3O3/c1-18(7-6-14(19)20)15(21)12(16)8-10-9-17-13-5-3-2-4-11(10)13/h2-5,9,12,17H,6-8,16H2,1H3,(H,19,20). The Balaban J connectivity index is 2.02. The fourth-order valence-electron chi connectivity index (χ4n) is 2.28. The number of nitrogens with one attached hydrogen (secondary N) is 1. The fraction of sp³-hybridized carbons (Fsp3) is 0.333. The van der Waals surface area contributed by atoms with E-state index in [4.69, 9.17) is 10.8 Å². The number of aromatic nitrogens is 1. The Labute approximate surface area is 122 Å². The lowest BCUT2D eigenvalue weighted by atomic mass is 10.0. The predicted molar refractivity (Wildman–Crippen MR) is 79.9 cm³/mol. The van der Waals surface area contributed by atoms with Gasteiger partial charge < -0.3 is 20.7 Å². The van der Waals surface area contributed by atoms with Crippen molar-refractivity contribution in [3.63, 3.8) is 0 Å². The number of H-pyrrole nitrogens is 1. The van der Waals surface area contributed by atoms with Crippen molar-refractivity contribution in [3.05, 3.63) is 36.0 Å². The van der Waals surface area contributed by atoms with Gasteiger partial charge in [0.1, 0.15) is 0 Å². The molecule has 21 heavy (non-hydrogen) atoms. The average Bonchev–Trinajstić information content (AvgIpc) is 2.87. The van der Waals surface area contributed by atoms with E-state index in [-0.39, 0.29) is 18.9 Å². The Morgan fingerprint density at radius 1 is 1.38 bits per heavy atom. The first kappa shape index (κ1) is 15.1. The van der Waals surface area contributed by atoms with Gasteiger partial charge in [-0.3, -0.25) is 9.59 Å². The third-order valence-electron chi connectivity index (χ3n) is 3.47. The van der Waals surface area contributed by atoms with Gasteiger partial charge in [-0.1, -0.05) is 18.2 Å². The molecule has 1 atom stereocenters. The van der Waals surface area contributed by atoms with E-state index in [1.54, 1.807) is 7.05 Å². The van der Waals surface area contributed by atoms with Crippen LogP contribution in [0.3, 0.4) is 0 Å². The van der Waals surface area contributed by atoms with Crippen LogP contribution in [-0.2, 0) is 16.0 Å². The zero-order chi connectivity index (χ0) is 15.4. The van der Waals surface area contributed by atoms with E-state index in [0.29, 0.717) is 6.42 Å². The van der Waals surface area contributed by atoms with Crippen LogP contribution in [0.15, 0.2) is 30.5 Å². The van der Waals surface area contributed by atoms with Crippen LogP contribution < -0.4 is 5.73 Å². The van der Waals surface area contributed by atoms with E-state index < -0.39 is 12.0 Å². The van der Waals surface area contributed by atoms with Crippen LogP contribution in [0, 0.1) is 0 Å². The molecule has 1 aromatic carbocycles. The van der Waals surface area contributed by atoms with Gasteiger partial charge in [0.05, 0.1) is 12.5 Å². The van der Waals surface area contributed by atoms with Crippen LogP contribution in [0.4, 0.5) is 0 Å². The summed E-state index contributed by atoms with van der Waals surface area (Å²) in [6.45, 7) is 0.162. The number of hydrogen-bond donors (Lipinski definition) is 3. The van der Waals surface area contributed by atoms with Gasteiger partial charge in [-0.15, -0.1) is 0 Å². The van der Waals surface area contributed by atoms with E-state index in [2.05, 4.69) is 4.98 Å². The molecule has 1 heterocycles. The Morgan fingerprint density at radius 2 is 2.10 bits per heavy atom. The highest BCUT2D eigenvalue weighted by Gasteiger charge is 2.20. The van der Waals surface area contributed by atoms with Crippen molar-refractivity contribution in [2.24, 2.45) is 5.73 Å². The summed E-state index contributed by atoms with van der Waals surface area (Å²) in [5, 5.41) is 9.69. The SMILES string of the molecule is CN(CCC(=O)O)C(=O)C(N)Cc1c[nH]c2ccccc12. The van der Waals surface area contributed by atoms with Crippen molar-refractivity contribution in [1.82, 2.24) is 9.88 Å². The van der Waals surface area contributed by atoms with E-state index in [1.807, 2.05) is 30.5 Å². The van der Waals surface area contributed by atoms with Crippen LogP contribution in [-0.4, -0.2) is 46.5 Å². The summed E-state index contributed by atoms with van der Waals surface area (Å²) >= 11 is 0. The van der Waals surface area contributed by atoms with Gasteiger partial charge in [0.25, 0.3) is 0 Å². The molecule has 0 radical (unpaired) electrons. The number of aliphatic carboxylic acids is 1. The third-order valence-corrected chi connectivity index (χ3v) is 3.47. The number of carboxylic acids is 1. The normalized spacial score (nSPS) is 12.3. The predicted octanol–water partition coefficient (Wildman–Crippen LogP) is 0.971. The Bertz CT molecular complexity index is 650. The lowest BCUT2D eigenvalue weighted by molar-refractivity contribution is -0.138. The number of carbonyl (C=O) groups excluding carboxylic acids is 1. The average molecular weight is 289 g/mol. The number of nitrogens with two attached hydrogens (primary N) is 1. The summed E-state index contributed by atoms with van der Waals surface area (Å²) in [4.78, 5) is 27.2. The molecule has 0 spiro atoms. The van der Waals surface area contributed by atoms with Crippen LogP contribution in [0.1, 0.15) is 12.0 Å². The van der Waals surface area contributed by atoms with Crippen LogP contribution in [0.5, 0.6) is 0 Å². The molecule has 1 unspecified atom stereocenters. The van der Waals surface area contributed by atoms with Gasteiger partial charge in [0, 0.05) is 30.7 Å². The maximum absolute atomic E-state index is 12.1. The summed E-state index contributed by atoms with van der Waals surface area (Å²) in [7, 11) is 1.57. The molecule has 6 heteroatoms. The molecule has 1 amide bonds. The monoisotopic (exact) mass is 289 g/mol. The van der Waals surface area contributed by atoms with Crippen LogP contribution in [0.25, 0.3) is 10.9 Å². The summed E-state index contributed by atoms with van der Waals surface area (Å²) in [6, 6.07) is 7.14. The van der Waals surface area contributed by atoms with Gasteiger partial charge in [-0.25, -0.2) is 0 Å². The Morgan fingerprint density at radius 3 is 2.81 bits per heavy atom. The van der Waals surface area contributed by atoms with E-state index in [9.17, 15) is 9.59 Å². The number of carboxylic acid groups (broad SMARTS) is 1. The Kier molecular flexibility index (Phi) is 4.59. The molecule has 0 aliphatic rings. The molecule has 2 aromatic rings. The number of amides is 1.